The number of anilines is 4. The maximum absolute atomic E-state index is 15.0. The number of rotatable bonds is 6. The molecule has 0 bridgehead atoms. The Balaban J connectivity index is 1.22. The molecule has 0 atom stereocenters. The lowest BCUT2D eigenvalue weighted by atomic mass is 9.99. The Bertz CT molecular complexity index is 1410. The zero-order valence-corrected chi connectivity index (χ0v) is 22.4. The number of hydrogen-bond donors (Lipinski definition) is 2. The van der Waals surface area contributed by atoms with Crippen LogP contribution in [0.5, 0.6) is 0 Å². The lowest BCUT2D eigenvalue weighted by Crippen LogP contribution is -2.32. The lowest BCUT2D eigenvalue weighted by Gasteiger charge is -2.28. The third kappa shape index (κ3) is 5.29. The van der Waals surface area contributed by atoms with E-state index in [0.29, 0.717) is 24.9 Å². The molecule has 4 aromatic rings. The predicted molar refractivity (Wildman–Crippen MR) is 152 cm³/mol. The van der Waals surface area contributed by atoms with Gasteiger partial charge in [0.2, 0.25) is 5.95 Å². The van der Waals surface area contributed by atoms with Crippen molar-refractivity contribution in [3.8, 4) is 5.69 Å². The molecule has 2 N–H and O–H groups in total. The predicted octanol–water partition coefficient (Wildman–Crippen LogP) is 4.43. The van der Waals surface area contributed by atoms with E-state index in [-0.39, 0.29) is 11.7 Å². The lowest BCUT2D eigenvalue weighted by molar-refractivity contribution is 0.593. The standard InChI is InChI=1S/C29H34FN9/c1-20(2)27-23-19-38(15-11-25(23)36-39(27)21-7-4-3-5-8-21)28-24(30)18-33-29(35-28)34-26-10-9-22(17-32-26)37-14-6-12-31-13-16-37/h3-5,7-10,17-18,20,31H,6,11-16,19H2,1-2H3,(H,32,33,34,35). The molecule has 0 aliphatic carbocycles. The van der Waals surface area contributed by atoms with Crippen molar-refractivity contribution in [2.45, 2.75) is 39.2 Å². The van der Waals surface area contributed by atoms with Gasteiger partial charge in [0.05, 0.1) is 35.2 Å². The fourth-order valence-electron chi connectivity index (χ4n) is 5.44. The van der Waals surface area contributed by atoms with Gasteiger partial charge in [-0.1, -0.05) is 32.0 Å². The molecular formula is C29H34FN9. The molecule has 6 rings (SSSR count). The van der Waals surface area contributed by atoms with Gasteiger partial charge in [-0.15, -0.1) is 0 Å². The first-order valence-electron chi connectivity index (χ1n) is 13.7. The average molecular weight is 528 g/mol. The first-order valence-corrected chi connectivity index (χ1v) is 13.7. The van der Waals surface area contributed by atoms with Gasteiger partial charge in [-0.3, -0.25) is 0 Å². The molecule has 0 unspecified atom stereocenters. The molecule has 5 heterocycles. The Morgan fingerprint density at radius 1 is 0.923 bits per heavy atom. The third-order valence-electron chi connectivity index (χ3n) is 7.34. The zero-order valence-electron chi connectivity index (χ0n) is 22.4. The fourth-order valence-corrected chi connectivity index (χ4v) is 5.44. The zero-order chi connectivity index (χ0) is 26.8. The van der Waals surface area contributed by atoms with E-state index in [1.165, 1.54) is 6.20 Å². The van der Waals surface area contributed by atoms with Crippen LogP contribution in [0.15, 0.2) is 54.9 Å². The van der Waals surface area contributed by atoms with Gasteiger partial charge in [0.15, 0.2) is 11.6 Å². The van der Waals surface area contributed by atoms with Crippen LogP contribution >= 0.6 is 0 Å². The summed E-state index contributed by atoms with van der Waals surface area (Å²) in [5, 5.41) is 11.5. The van der Waals surface area contributed by atoms with Gasteiger partial charge < -0.3 is 20.4 Å². The smallest absolute Gasteiger partial charge is 0.230 e. The van der Waals surface area contributed by atoms with Crippen molar-refractivity contribution in [2.24, 2.45) is 0 Å². The fraction of sp³-hybridized carbons (Fsp3) is 0.379. The monoisotopic (exact) mass is 527 g/mol. The van der Waals surface area contributed by atoms with Gasteiger partial charge in [-0.25, -0.2) is 19.0 Å². The number of halogens is 1. The summed E-state index contributed by atoms with van der Waals surface area (Å²) in [6.07, 6.45) is 4.92. The van der Waals surface area contributed by atoms with Gasteiger partial charge in [-0.05, 0) is 43.1 Å². The second kappa shape index (κ2) is 11.0. The SMILES string of the molecule is CC(C)c1c2c(nn1-c1ccccc1)CCN(c1nc(Nc3ccc(N4CCCNCC4)cn3)ncc1F)C2. The molecule has 1 saturated heterocycles. The van der Waals surface area contributed by atoms with E-state index in [1.807, 2.05) is 40.0 Å². The number of para-hydroxylation sites is 1. The maximum Gasteiger partial charge on any atom is 0.230 e. The summed E-state index contributed by atoms with van der Waals surface area (Å²) in [6.45, 7) is 9.49. The van der Waals surface area contributed by atoms with E-state index in [0.717, 1.165) is 67.3 Å². The average Bonchev–Trinajstić information content (AvgIpc) is 3.13. The number of benzene rings is 1. The first kappa shape index (κ1) is 25.2. The molecule has 1 fully saturated rings. The minimum atomic E-state index is -0.441. The van der Waals surface area contributed by atoms with Gasteiger partial charge in [0.1, 0.15) is 5.82 Å². The van der Waals surface area contributed by atoms with Gasteiger partial charge in [0.25, 0.3) is 0 Å². The number of hydrogen-bond acceptors (Lipinski definition) is 8. The highest BCUT2D eigenvalue weighted by Crippen LogP contribution is 2.32. The normalized spacial score (nSPS) is 15.8. The minimum Gasteiger partial charge on any atom is -0.369 e. The summed E-state index contributed by atoms with van der Waals surface area (Å²) in [4.78, 5) is 17.6. The van der Waals surface area contributed by atoms with Crippen LogP contribution in [0, 0.1) is 5.82 Å². The van der Waals surface area contributed by atoms with E-state index < -0.39 is 5.82 Å². The van der Waals surface area contributed by atoms with Crippen LogP contribution in [0.2, 0.25) is 0 Å². The number of pyridine rings is 1. The molecule has 0 spiro atoms. The molecule has 2 aliphatic heterocycles. The number of nitrogens with zero attached hydrogens (tertiary/aromatic N) is 7. The van der Waals surface area contributed by atoms with Crippen molar-refractivity contribution in [1.82, 2.24) is 30.0 Å². The van der Waals surface area contributed by atoms with Gasteiger partial charge in [0, 0.05) is 44.7 Å². The van der Waals surface area contributed by atoms with E-state index >= 15 is 4.39 Å². The van der Waals surface area contributed by atoms with Crippen LogP contribution < -0.4 is 20.4 Å². The molecule has 202 valence electrons. The molecule has 39 heavy (non-hydrogen) atoms. The van der Waals surface area contributed by atoms with Crippen LogP contribution in [0.4, 0.5) is 27.7 Å². The largest absolute Gasteiger partial charge is 0.369 e. The first-order chi connectivity index (χ1) is 19.1. The highest BCUT2D eigenvalue weighted by molar-refractivity contribution is 5.56. The third-order valence-corrected chi connectivity index (χ3v) is 7.34. The second-order valence-corrected chi connectivity index (χ2v) is 10.4. The van der Waals surface area contributed by atoms with E-state index in [1.54, 1.807) is 0 Å². The van der Waals surface area contributed by atoms with Crippen LogP contribution in [-0.2, 0) is 13.0 Å². The van der Waals surface area contributed by atoms with Crippen molar-refractivity contribution < 1.29 is 4.39 Å². The molecule has 1 aromatic carbocycles. The molecular weight excluding hydrogens is 493 g/mol. The second-order valence-electron chi connectivity index (χ2n) is 10.4. The van der Waals surface area contributed by atoms with Gasteiger partial charge >= 0.3 is 0 Å². The Labute approximate surface area is 228 Å². The maximum atomic E-state index is 15.0. The van der Waals surface area contributed by atoms with Crippen LogP contribution in [0.1, 0.15) is 43.1 Å². The number of fused-ring (bicyclic) bond motifs is 1. The summed E-state index contributed by atoms with van der Waals surface area (Å²) in [6, 6.07) is 14.1. The number of nitrogens with one attached hydrogen (secondary N) is 2. The molecule has 2 aliphatic rings. The molecule has 9 nitrogen and oxygen atoms in total. The Hall–Kier alpha value is -4.05. The van der Waals surface area contributed by atoms with Crippen molar-refractivity contribution in [2.75, 3.05) is 47.8 Å². The Morgan fingerprint density at radius 2 is 1.79 bits per heavy atom. The Kier molecular flexibility index (Phi) is 7.10. The summed E-state index contributed by atoms with van der Waals surface area (Å²) < 4.78 is 17.1. The molecule has 3 aromatic heterocycles. The van der Waals surface area contributed by atoms with Crippen molar-refractivity contribution >= 4 is 23.3 Å². The molecule has 10 heteroatoms. The van der Waals surface area contributed by atoms with E-state index in [2.05, 4.69) is 62.5 Å². The summed E-state index contributed by atoms with van der Waals surface area (Å²) in [5.41, 5.74) is 5.49. The molecule has 0 radical (unpaired) electrons. The van der Waals surface area contributed by atoms with E-state index in [4.69, 9.17) is 5.10 Å². The van der Waals surface area contributed by atoms with Crippen LogP contribution in [-0.4, -0.2) is 57.5 Å². The highest BCUT2D eigenvalue weighted by atomic mass is 19.1. The Morgan fingerprint density at radius 3 is 2.59 bits per heavy atom. The molecule has 0 saturated carbocycles. The van der Waals surface area contributed by atoms with Crippen LogP contribution in [0.3, 0.4) is 0 Å². The highest BCUT2D eigenvalue weighted by Gasteiger charge is 2.29. The van der Waals surface area contributed by atoms with Gasteiger partial charge in [-0.2, -0.15) is 10.1 Å². The quantitative estimate of drug-likeness (QED) is 0.381. The topological polar surface area (TPSA) is 87.0 Å². The van der Waals surface area contributed by atoms with E-state index in [9.17, 15) is 0 Å². The molecule has 0 amide bonds. The minimum absolute atomic E-state index is 0.258. The summed E-state index contributed by atoms with van der Waals surface area (Å²) in [7, 11) is 0. The summed E-state index contributed by atoms with van der Waals surface area (Å²) >= 11 is 0. The van der Waals surface area contributed by atoms with Crippen molar-refractivity contribution in [1.29, 1.82) is 0 Å². The van der Waals surface area contributed by atoms with Crippen molar-refractivity contribution in [3.05, 3.63) is 77.6 Å². The summed E-state index contributed by atoms with van der Waals surface area (Å²) in [5.74, 6) is 1.04. The van der Waals surface area contributed by atoms with Crippen LogP contribution in [0.25, 0.3) is 5.69 Å². The van der Waals surface area contributed by atoms with Crippen molar-refractivity contribution in [3.63, 3.8) is 0 Å². The number of aromatic nitrogens is 5.